The van der Waals surface area contributed by atoms with Crippen molar-refractivity contribution in [3.05, 3.63) is 155 Å². The van der Waals surface area contributed by atoms with E-state index in [1.165, 1.54) is 28.2 Å². The molecule has 0 saturated carbocycles. The number of hydrogen-bond acceptors (Lipinski definition) is 6. The number of carbonyl (C=O) groups is 1. The average Bonchev–Trinajstić information content (AvgIpc) is 3.76. The quantitative estimate of drug-likeness (QED) is 0.198. The zero-order chi connectivity index (χ0) is 30.2. The predicted octanol–water partition coefficient (Wildman–Crippen LogP) is 6.31. The molecule has 3 aromatic heterocycles. The van der Waals surface area contributed by atoms with Crippen molar-refractivity contribution < 1.29 is 9.53 Å². The molecule has 0 amide bonds. The fraction of sp³-hybridized carbons (Fsp3) is 0.139. The highest BCUT2D eigenvalue weighted by atomic mass is 32.1. The summed E-state index contributed by atoms with van der Waals surface area (Å²) in [5, 5.41) is 3.04. The molecular formula is C36H29N3O3S2. The maximum atomic E-state index is 14.3. The Hall–Kier alpha value is -4.79. The van der Waals surface area contributed by atoms with Crippen molar-refractivity contribution >= 4 is 51.3 Å². The standard InChI is InChI=1S/C36H29N3O3S2/c1-3-42-35(41)31-32(25-15-8-5-9-16-25)37-36-39(33(31)29-19-12-20-43-29)34(40)30(44-36)21-27-23(2)38(22-24-13-6-4-7-14-24)28-18-11-10-17-26(27)28/h4-21,33H,3,22H2,1-2H3/b30-21-. The molecular weight excluding hydrogens is 587 g/mol. The number of thiazole rings is 1. The number of aromatic nitrogens is 2. The van der Waals surface area contributed by atoms with Crippen molar-refractivity contribution in [3.63, 3.8) is 0 Å². The molecule has 0 fully saturated rings. The third kappa shape index (κ3) is 4.86. The summed E-state index contributed by atoms with van der Waals surface area (Å²) >= 11 is 2.86. The number of carbonyl (C=O) groups excluding carboxylic acids is 1. The van der Waals surface area contributed by atoms with Gasteiger partial charge in [-0.25, -0.2) is 9.79 Å². The van der Waals surface area contributed by atoms with Gasteiger partial charge in [0.15, 0.2) is 4.80 Å². The Labute approximate surface area is 262 Å². The smallest absolute Gasteiger partial charge is 0.338 e. The molecule has 0 spiro atoms. The third-order valence-electron chi connectivity index (χ3n) is 7.92. The molecule has 0 saturated heterocycles. The SMILES string of the molecule is CCOC(=O)C1=C(c2ccccc2)N=c2s/c(=C\c3c(C)n(Cc4ccccc4)c4ccccc34)c(=O)n2C1c1cccs1. The van der Waals surface area contributed by atoms with E-state index in [1.54, 1.807) is 11.5 Å². The molecule has 218 valence electrons. The van der Waals surface area contributed by atoms with E-state index < -0.39 is 12.0 Å². The molecule has 44 heavy (non-hydrogen) atoms. The van der Waals surface area contributed by atoms with Crippen LogP contribution in [0.25, 0.3) is 22.7 Å². The number of nitrogens with zero attached hydrogens (tertiary/aromatic N) is 3. The van der Waals surface area contributed by atoms with Gasteiger partial charge in [0, 0.05) is 39.1 Å². The number of thiophene rings is 1. The number of hydrogen-bond donors (Lipinski definition) is 0. The highest BCUT2D eigenvalue weighted by Crippen LogP contribution is 2.37. The first-order chi connectivity index (χ1) is 21.5. The largest absolute Gasteiger partial charge is 0.463 e. The Morgan fingerprint density at radius 1 is 0.955 bits per heavy atom. The third-order valence-corrected chi connectivity index (χ3v) is 9.83. The van der Waals surface area contributed by atoms with Crippen LogP contribution in [-0.2, 0) is 16.1 Å². The van der Waals surface area contributed by atoms with Crippen LogP contribution in [-0.4, -0.2) is 21.7 Å². The monoisotopic (exact) mass is 615 g/mol. The molecule has 6 nitrogen and oxygen atoms in total. The summed E-state index contributed by atoms with van der Waals surface area (Å²) in [6.45, 7) is 4.83. The van der Waals surface area contributed by atoms with Crippen molar-refractivity contribution in [3.8, 4) is 0 Å². The minimum Gasteiger partial charge on any atom is -0.463 e. The van der Waals surface area contributed by atoms with E-state index in [0.717, 1.165) is 39.1 Å². The van der Waals surface area contributed by atoms with Gasteiger partial charge in [0.2, 0.25) is 0 Å². The number of esters is 1. The van der Waals surface area contributed by atoms with Crippen LogP contribution in [0.5, 0.6) is 0 Å². The summed E-state index contributed by atoms with van der Waals surface area (Å²) in [6.07, 6.45) is 1.99. The van der Waals surface area contributed by atoms with Gasteiger partial charge in [0.25, 0.3) is 5.56 Å². The lowest BCUT2D eigenvalue weighted by Crippen LogP contribution is -2.39. The van der Waals surface area contributed by atoms with Gasteiger partial charge < -0.3 is 9.30 Å². The zero-order valence-electron chi connectivity index (χ0n) is 24.3. The van der Waals surface area contributed by atoms with E-state index in [1.807, 2.05) is 72.1 Å². The van der Waals surface area contributed by atoms with Gasteiger partial charge in [-0.2, -0.15) is 0 Å². The van der Waals surface area contributed by atoms with Crippen LogP contribution in [0, 0.1) is 6.92 Å². The minimum absolute atomic E-state index is 0.180. The Morgan fingerprint density at radius 3 is 2.41 bits per heavy atom. The second-order valence-electron chi connectivity index (χ2n) is 10.5. The lowest BCUT2D eigenvalue weighted by Gasteiger charge is -2.24. The first-order valence-corrected chi connectivity index (χ1v) is 16.2. The number of rotatable bonds is 7. The van der Waals surface area contributed by atoms with Gasteiger partial charge in [-0.1, -0.05) is 96.3 Å². The molecule has 1 aliphatic rings. The van der Waals surface area contributed by atoms with Gasteiger partial charge in [-0.05, 0) is 43.0 Å². The molecule has 7 rings (SSSR count). The molecule has 0 aliphatic carbocycles. The summed E-state index contributed by atoms with van der Waals surface area (Å²) in [5.41, 5.74) is 5.92. The topological polar surface area (TPSA) is 65.6 Å². The van der Waals surface area contributed by atoms with E-state index in [4.69, 9.17) is 9.73 Å². The number of benzene rings is 3. The van der Waals surface area contributed by atoms with Gasteiger partial charge >= 0.3 is 5.97 Å². The lowest BCUT2D eigenvalue weighted by molar-refractivity contribution is -0.138. The summed E-state index contributed by atoms with van der Waals surface area (Å²) in [4.78, 5) is 34.3. The van der Waals surface area contributed by atoms with Crippen LogP contribution < -0.4 is 14.9 Å². The molecule has 3 aromatic carbocycles. The second-order valence-corrected chi connectivity index (χ2v) is 12.5. The first-order valence-electron chi connectivity index (χ1n) is 14.5. The van der Waals surface area contributed by atoms with Crippen molar-refractivity contribution in [1.29, 1.82) is 0 Å². The van der Waals surface area contributed by atoms with Crippen LogP contribution in [0.4, 0.5) is 0 Å². The van der Waals surface area contributed by atoms with E-state index in [2.05, 4.69) is 47.9 Å². The molecule has 6 aromatic rings. The van der Waals surface area contributed by atoms with E-state index >= 15 is 0 Å². The summed E-state index contributed by atoms with van der Waals surface area (Å²) in [5.74, 6) is -0.470. The second kappa shape index (κ2) is 11.7. The molecule has 1 atom stereocenters. The van der Waals surface area contributed by atoms with Crippen LogP contribution in [0.2, 0.25) is 0 Å². The van der Waals surface area contributed by atoms with Crippen LogP contribution in [0.1, 0.15) is 40.2 Å². The highest BCUT2D eigenvalue weighted by molar-refractivity contribution is 7.10. The fourth-order valence-electron chi connectivity index (χ4n) is 5.90. The predicted molar refractivity (Wildman–Crippen MR) is 178 cm³/mol. The Morgan fingerprint density at radius 2 is 1.68 bits per heavy atom. The number of para-hydroxylation sites is 1. The van der Waals surface area contributed by atoms with E-state index in [9.17, 15) is 9.59 Å². The van der Waals surface area contributed by atoms with Crippen LogP contribution >= 0.6 is 22.7 Å². The fourth-order valence-corrected chi connectivity index (χ4v) is 7.70. The Kier molecular flexibility index (Phi) is 7.46. The van der Waals surface area contributed by atoms with Gasteiger partial charge in [-0.15, -0.1) is 11.3 Å². The van der Waals surface area contributed by atoms with E-state index in [0.29, 0.717) is 20.6 Å². The first kappa shape index (κ1) is 28.0. The van der Waals surface area contributed by atoms with E-state index in [-0.39, 0.29) is 12.2 Å². The van der Waals surface area contributed by atoms with Crippen LogP contribution in [0.3, 0.4) is 0 Å². The summed E-state index contributed by atoms with van der Waals surface area (Å²) in [6, 6.07) is 31.6. The highest BCUT2D eigenvalue weighted by Gasteiger charge is 2.35. The van der Waals surface area contributed by atoms with Gasteiger partial charge in [0.1, 0.15) is 6.04 Å². The molecule has 1 aliphatic heterocycles. The van der Waals surface area contributed by atoms with Gasteiger partial charge in [-0.3, -0.25) is 9.36 Å². The van der Waals surface area contributed by atoms with Crippen molar-refractivity contribution in [2.75, 3.05) is 6.61 Å². The Balaban J connectivity index is 1.47. The van der Waals surface area contributed by atoms with Gasteiger partial charge in [0.05, 0.1) is 22.4 Å². The molecule has 0 bridgehead atoms. The normalized spacial score (nSPS) is 15.0. The Bertz CT molecular complexity index is 2210. The van der Waals surface area contributed by atoms with Crippen molar-refractivity contribution in [1.82, 2.24) is 9.13 Å². The van der Waals surface area contributed by atoms with Crippen molar-refractivity contribution in [2.24, 2.45) is 4.99 Å². The number of fused-ring (bicyclic) bond motifs is 2. The minimum atomic E-state index is -0.650. The van der Waals surface area contributed by atoms with Crippen molar-refractivity contribution in [2.45, 2.75) is 26.4 Å². The number of ether oxygens (including phenoxy) is 1. The maximum absolute atomic E-state index is 14.3. The summed E-state index contributed by atoms with van der Waals surface area (Å²) in [7, 11) is 0. The molecule has 8 heteroatoms. The van der Waals surface area contributed by atoms with Crippen LogP contribution in [0.15, 0.2) is 118 Å². The average molecular weight is 616 g/mol. The maximum Gasteiger partial charge on any atom is 0.338 e. The molecule has 4 heterocycles. The summed E-state index contributed by atoms with van der Waals surface area (Å²) < 4.78 is 10.1. The molecule has 0 N–H and O–H groups in total. The molecule has 1 unspecified atom stereocenters. The molecule has 0 radical (unpaired) electrons. The zero-order valence-corrected chi connectivity index (χ0v) is 25.9. The lowest BCUT2D eigenvalue weighted by atomic mass is 9.97.